The van der Waals surface area contributed by atoms with Crippen molar-refractivity contribution in [2.45, 2.75) is 19.1 Å². The van der Waals surface area contributed by atoms with Crippen LogP contribution in [0.3, 0.4) is 0 Å². The molecule has 14 heteroatoms. The van der Waals surface area contributed by atoms with Crippen LogP contribution in [-0.2, 0) is 16.6 Å². The summed E-state index contributed by atoms with van der Waals surface area (Å²) in [4.78, 5) is 19.3. The molecule has 0 aliphatic carbocycles. The normalized spacial score (nSPS) is 17.2. The second-order valence-corrected chi connectivity index (χ2v) is 9.52. The van der Waals surface area contributed by atoms with Gasteiger partial charge in [0.1, 0.15) is 17.6 Å². The summed E-state index contributed by atoms with van der Waals surface area (Å²) in [5, 5.41) is 15.9. The largest absolute Gasteiger partial charge is 0.383 e. The summed E-state index contributed by atoms with van der Waals surface area (Å²) in [5.74, 6) is -3.95. The van der Waals surface area contributed by atoms with E-state index in [9.17, 15) is 22.4 Å². The number of aromatic nitrogens is 4. The standard InChI is InChI=1S/C27H27F4N7O3/c1-15-24(17-12-32-36(2)13-17)35-38(18-5-7-20(29)22(31)11-18)26(15)34-27(39)33-23-14-37(8-9-40-3)41-25(23)16-4-6-19(28)21(30)10-16/h4-7,10-13,23,25H,8-9,14H2,1-3H3,(H2,33,34,39)/t23-,25+/m1/s1. The summed E-state index contributed by atoms with van der Waals surface area (Å²) in [6.07, 6.45) is 2.49. The van der Waals surface area contributed by atoms with Gasteiger partial charge in [0.2, 0.25) is 0 Å². The number of ether oxygens (including phenoxy) is 1. The Bertz CT molecular complexity index is 1570. The van der Waals surface area contributed by atoms with Crippen LogP contribution in [-0.4, -0.2) is 63.5 Å². The average Bonchev–Trinajstić information content (AvgIpc) is 3.63. The van der Waals surface area contributed by atoms with Gasteiger partial charge in [0.05, 0.1) is 24.5 Å². The zero-order valence-corrected chi connectivity index (χ0v) is 22.4. The van der Waals surface area contributed by atoms with E-state index >= 15 is 0 Å². The highest BCUT2D eigenvalue weighted by atomic mass is 19.2. The van der Waals surface area contributed by atoms with Gasteiger partial charge in [-0.2, -0.15) is 15.3 Å². The Morgan fingerprint density at radius 2 is 1.83 bits per heavy atom. The second-order valence-electron chi connectivity index (χ2n) is 9.52. The number of hydrogen-bond acceptors (Lipinski definition) is 6. The Hall–Kier alpha value is -4.27. The van der Waals surface area contributed by atoms with E-state index in [4.69, 9.17) is 9.57 Å². The number of nitrogens with one attached hydrogen (secondary N) is 2. The number of nitrogens with zero attached hydrogens (tertiary/aromatic N) is 5. The summed E-state index contributed by atoms with van der Waals surface area (Å²) in [6, 6.07) is 5.33. The molecule has 216 valence electrons. The van der Waals surface area contributed by atoms with Crippen molar-refractivity contribution in [2.75, 3.05) is 32.1 Å². The van der Waals surface area contributed by atoms with Crippen LogP contribution >= 0.6 is 0 Å². The van der Waals surface area contributed by atoms with Gasteiger partial charge in [0.25, 0.3) is 0 Å². The highest BCUT2D eigenvalue weighted by Crippen LogP contribution is 2.32. The molecule has 10 nitrogen and oxygen atoms in total. The quantitative estimate of drug-likeness (QED) is 0.306. The maximum Gasteiger partial charge on any atom is 0.320 e. The van der Waals surface area contributed by atoms with Gasteiger partial charge in [0, 0.05) is 50.6 Å². The maximum atomic E-state index is 14.1. The molecule has 3 heterocycles. The fraction of sp³-hybridized carbons (Fsp3) is 0.296. The predicted octanol–water partition coefficient (Wildman–Crippen LogP) is 4.26. The SMILES string of the molecule is COCCN1C[C@@H](NC(=O)Nc2c(C)c(-c3cnn(C)c3)nn2-c2ccc(F)c(F)c2)[C@H](c2ccc(F)c(F)c2)O1. The van der Waals surface area contributed by atoms with Crippen molar-refractivity contribution < 1.29 is 31.9 Å². The van der Waals surface area contributed by atoms with Gasteiger partial charge in [-0.15, -0.1) is 0 Å². The molecule has 2 aromatic carbocycles. The van der Waals surface area contributed by atoms with Crippen LogP contribution in [0.15, 0.2) is 48.8 Å². The number of carbonyl (C=O) groups is 1. The Balaban J connectivity index is 1.44. The predicted molar refractivity (Wildman–Crippen MR) is 140 cm³/mol. The summed E-state index contributed by atoms with van der Waals surface area (Å²) in [6.45, 7) is 2.65. The van der Waals surface area contributed by atoms with E-state index in [1.807, 2.05) is 0 Å². The number of amides is 2. The van der Waals surface area contributed by atoms with Gasteiger partial charge in [-0.25, -0.2) is 27.0 Å². The van der Waals surface area contributed by atoms with Gasteiger partial charge >= 0.3 is 6.03 Å². The molecule has 1 aliphatic rings. The number of rotatable bonds is 8. The molecule has 4 aromatic rings. The van der Waals surface area contributed by atoms with Crippen LogP contribution in [0.2, 0.25) is 0 Å². The minimum atomic E-state index is -1.08. The number of anilines is 1. The average molecular weight is 574 g/mol. The molecule has 0 radical (unpaired) electrons. The van der Waals surface area contributed by atoms with Gasteiger partial charge in [-0.3, -0.25) is 14.8 Å². The van der Waals surface area contributed by atoms with Crippen molar-refractivity contribution in [1.29, 1.82) is 0 Å². The number of aryl methyl sites for hydroxylation is 1. The molecular weight excluding hydrogens is 546 g/mol. The van der Waals surface area contributed by atoms with E-state index in [0.717, 1.165) is 24.3 Å². The Labute approximate surface area is 232 Å². The maximum absolute atomic E-state index is 14.1. The monoisotopic (exact) mass is 573 g/mol. The first-order valence-electron chi connectivity index (χ1n) is 12.6. The highest BCUT2D eigenvalue weighted by Gasteiger charge is 2.37. The zero-order chi connectivity index (χ0) is 29.3. The Morgan fingerprint density at radius 1 is 1.10 bits per heavy atom. The lowest BCUT2D eigenvalue weighted by Gasteiger charge is -2.20. The number of methoxy groups -OCH3 is 1. The van der Waals surface area contributed by atoms with Gasteiger partial charge in [-0.1, -0.05) is 6.07 Å². The number of hydroxylamine groups is 2. The van der Waals surface area contributed by atoms with Crippen molar-refractivity contribution in [2.24, 2.45) is 7.05 Å². The first kappa shape index (κ1) is 28.3. The third-order valence-electron chi connectivity index (χ3n) is 6.64. The number of benzene rings is 2. The molecule has 2 aromatic heterocycles. The molecule has 1 saturated heterocycles. The molecule has 0 bridgehead atoms. The topological polar surface area (TPSA) is 98.5 Å². The van der Waals surface area contributed by atoms with Crippen molar-refractivity contribution >= 4 is 11.8 Å². The molecule has 5 rings (SSSR count). The molecule has 2 atom stereocenters. The Kier molecular flexibility index (Phi) is 8.06. The molecule has 1 fully saturated rings. The first-order valence-corrected chi connectivity index (χ1v) is 12.6. The van der Waals surface area contributed by atoms with Crippen LogP contribution in [0.4, 0.5) is 28.2 Å². The molecular formula is C27H27F4N7O3. The molecule has 0 unspecified atom stereocenters. The molecule has 0 spiro atoms. The minimum Gasteiger partial charge on any atom is -0.383 e. The minimum absolute atomic E-state index is 0.173. The molecule has 2 N–H and O–H groups in total. The van der Waals surface area contributed by atoms with E-state index in [2.05, 4.69) is 20.8 Å². The number of urea groups is 1. The van der Waals surface area contributed by atoms with E-state index in [1.54, 1.807) is 36.1 Å². The summed E-state index contributed by atoms with van der Waals surface area (Å²) >= 11 is 0. The molecule has 2 amide bonds. The second kappa shape index (κ2) is 11.7. The fourth-order valence-electron chi connectivity index (χ4n) is 4.61. The van der Waals surface area contributed by atoms with Crippen molar-refractivity contribution in [1.82, 2.24) is 29.9 Å². The summed E-state index contributed by atoms with van der Waals surface area (Å²) in [7, 11) is 3.27. The van der Waals surface area contributed by atoms with E-state index in [-0.39, 0.29) is 18.1 Å². The lowest BCUT2D eigenvalue weighted by molar-refractivity contribution is -0.154. The van der Waals surface area contributed by atoms with Crippen molar-refractivity contribution in [3.63, 3.8) is 0 Å². The molecule has 41 heavy (non-hydrogen) atoms. The fourth-order valence-corrected chi connectivity index (χ4v) is 4.61. The third kappa shape index (κ3) is 5.94. The molecule has 1 aliphatic heterocycles. The van der Waals surface area contributed by atoms with Crippen LogP contribution in [0.25, 0.3) is 16.9 Å². The lowest BCUT2D eigenvalue weighted by Crippen LogP contribution is -2.42. The third-order valence-corrected chi connectivity index (χ3v) is 6.64. The van der Waals surface area contributed by atoms with E-state index in [0.29, 0.717) is 35.5 Å². The summed E-state index contributed by atoms with van der Waals surface area (Å²) in [5.41, 5.74) is 2.15. The van der Waals surface area contributed by atoms with Crippen LogP contribution in [0.1, 0.15) is 17.2 Å². The van der Waals surface area contributed by atoms with E-state index < -0.39 is 41.4 Å². The highest BCUT2D eigenvalue weighted by molar-refractivity contribution is 5.91. The number of hydrogen-bond donors (Lipinski definition) is 2. The van der Waals surface area contributed by atoms with E-state index in [1.165, 1.54) is 23.9 Å². The smallest absolute Gasteiger partial charge is 0.320 e. The first-order chi connectivity index (χ1) is 19.6. The van der Waals surface area contributed by atoms with Crippen LogP contribution in [0, 0.1) is 30.2 Å². The lowest BCUT2D eigenvalue weighted by atomic mass is 10.0. The number of halogens is 4. The number of carbonyl (C=O) groups excluding carboxylic acids is 1. The van der Waals surface area contributed by atoms with Crippen LogP contribution < -0.4 is 10.6 Å². The van der Waals surface area contributed by atoms with Crippen LogP contribution in [0.5, 0.6) is 0 Å². The molecule has 0 saturated carbocycles. The van der Waals surface area contributed by atoms with Crippen molar-refractivity contribution in [3.05, 3.63) is 83.2 Å². The van der Waals surface area contributed by atoms with Gasteiger partial charge in [0.15, 0.2) is 23.3 Å². The summed E-state index contributed by atoms with van der Waals surface area (Å²) < 4.78 is 63.4. The van der Waals surface area contributed by atoms with Gasteiger partial charge < -0.3 is 10.1 Å². The Morgan fingerprint density at radius 3 is 2.49 bits per heavy atom. The zero-order valence-electron chi connectivity index (χ0n) is 22.4. The van der Waals surface area contributed by atoms with Gasteiger partial charge in [-0.05, 0) is 36.8 Å². The van der Waals surface area contributed by atoms with Crippen molar-refractivity contribution in [3.8, 4) is 16.9 Å².